The van der Waals surface area contributed by atoms with Crippen LogP contribution in [0.4, 0.5) is 4.39 Å². The number of benzene rings is 1. The first-order valence-corrected chi connectivity index (χ1v) is 9.03. The van der Waals surface area contributed by atoms with Crippen molar-refractivity contribution in [3.8, 4) is 0 Å². The fourth-order valence-electron chi connectivity index (χ4n) is 4.42. The third kappa shape index (κ3) is 2.40. The molecule has 22 heavy (non-hydrogen) atoms. The second-order valence-electron chi connectivity index (χ2n) is 7.12. The SMILES string of the molecule is CN(C)CC1=C(c2csc3cc(F)ccc23)[C@H]2CC[C@H](C1)C2. The summed E-state index contributed by atoms with van der Waals surface area (Å²) in [4.78, 5) is 2.29. The Morgan fingerprint density at radius 3 is 2.95 bits per heavy atom. The Morgan fingerprint density at radius 2 is 2.14 bits per heavy atom. The highest BCUT2D eigenvalue weighted by Gasteiger charge is 2.35. The van der Waals surface area contributed by atoms with Gasteiger partial charge >= 0.3 is 0 Å². The lowest BCUT2D eigenvalue weighted by Gasteiger charge is -2.28. The van der Waals surface area contributed by atoms with E-state index in [1.54, 1.807) is 34.6 Å². The Morgan fingerprint density at radius 1 is 1.27 bits per heavy atom. The molecule has 0 aliphatic heterocycles. The smallest absolute Gasteiger partial charge is 0.124 e. The molecule has 1 nitrogen and oxygen atoms in total. The van der Waals surface area contributed by atoms with Crippen molar-refractivity contribution in [2.75, 3.05) is 20.6 Å². The van der Waals surface area contributed by atoms with Gasteiger partial charge in [-0.1, -0.05) is 11.6 Å². The minimum atomic E-state index is -0.132. The van der Waals surface area contributed by atoms with Crippen LogP contribution in [-0.2, 0) is 0 Å². The molecule has 2 aliphatic rings. The van der Waals surface area contributed by atoms with Gasteiger partial charge in [0, 0.05) is 16.6 Å². The van der Waals surface area contributed by atoms with E-state index in [9.17, 15) is 4.39 Å². The van der Waals surface area contributed by atoms with E-state index < -0.39 is 0 Å². The normalized spacial score (nSPS) is 24.7. The predicted octanol–water partition coefficient (Wildman–Crippen LogP) is 5.18. The Bertz CT molecular complexity index is 743. The highest BCUT2D eigenvalue weighted by Crippen LogP contribution is 2.51. The van der Waals surface area contributed by atoms with Crippen LogP contribution < -0.4 is 0 Å². The van der Waals surface area contributed by atoms with Crippen molar-refractivity contribution in [3.05, 3.63) is 40.5 Å². The second-order valence-corrected chi connectivity index (χ2v) is 8.04. The topological polar surface area (TPSA) is 3.24 Å². The zero-order chi connectivity index (χ0) is 15.3. The molecule has 1 aromatic carbocycles. The molecule has 0 spiro atoms. The summed E-state index contributed by atoms with van der Waals surface area (Å²) in [6, 6.07) is 5.25. The van der Waals surface area contributed by atoms with Crippen LogP contribution in [0.15, 0.2) is 29.2 Å². The first kappa shape index (κ1) is 14.4. The van der Waals surface area contributed by atoms with Crippen LogP contribution in [0.1, 0.15) is 31.2 Å². The van der Waals surface area contributed by atoms with E-state index >= 15 is 0 Å². The Labute approximate surface area is 135 Å². The minimum absolute atomic E-state index is 0.132. The average molecular weight is 315 g/mol. The van der Waals surface area contributed by atoms with Gasteiger partial charge in [0.25, 0.3) is 0 Å². The first-order chi connectivity index (χ1) is 10.6. The molecule has 116 valence electrons. The maximum Gasteiger partial charge on any atom is 0.124 e. The van der Waals surface area contributed by atoms with E-state index in [0.717, 1.165) is 23.1 Å². The number of allylic oxidation sites excluding steroid dienone is 1. The van der Waals surface area contributed by atoms with Gasteiger partial charge in [-0.15, -0.1) is 11.3 Å². The number of fused-ring (bicyclic) bond motifs is 3. The van der Waals surface area contributed by atoms with E-state index in [0.29, 0.717) is 0 Å². The van der Waals surface area contributed by atoms with Gasteiger partial charge in [0.15, 0.2) is 0 Å². The van der Waals surface area contributed by atoms with Crippen molar-refractivity contribution in [2.24, 2.45) is 11.8 Å². The third-order valence-corrected chi connectivity index (χ3v) is 6.15. The summed E-state index contributed by atoms with van der Waals surface area (Å²) in [6.45, 7) is 1.06. The largest absolute Gasteiger partial charge is 0.305 e. The second kappa shape index (κ2) is 5.47. The van der Waals surface area contributed by atoms with Crippen molar-refractivity contribution in [1.82, 2.24) is 4.90 Å². The maximum absolute atomic E-state index is 13.5. The molecule has 2 aliphatic carbocycles. The number of thiophene rings is 1. The van der Waals surface area contributed by atoms with Crippen LogP contribution in [0.2, 0.25) is 0 Å². The van der Waals surface area contributed by atoms with Gasteiger partial charge in [0.2, 0.25) is 0 Å². The lowest BCUT2D eigenvalue weighted by Crippen LogP contribution is -2.21. The number of rotatable bonds is 3. The molecular formula is C19H22FNS. The molecule has 3 heteroatoms. The quantitative estimate of drug-likeness (QED) is 0.755. The molecule has 0 amide bonds. The standard InChI is InChI=1S/C19H22FNS/c1-21(2)10-14-8-12-3-4-13(7-12)19(14)17-11-22-18-9-15(20)5-6-16(17)18/h5-6,9,11-13H,3-4,7-8,10H2,1-2H3/t12-,13-/m0/s1. The molecular weight excluding hydrogens is 293 g/mol. The molecule has 2 aromatic rings. The summed E-state index contributed by atoms with van der Waals surface area (Å²) >= 11 is 1.68. The summed E-state index contributed by atoms with van der Waals surface area (Å²) in [5.74, 6) is 1.48. The van der Waals surface area contributed by atoms with Gasteiger partial charge < -0.3 is 4.90 Å². The van der Waals surface area contributed by atoms with Crippen molar-refractivity contribution in [3.63, 3.8) is 0 Å². The van der Waals surface area contributed by atoms with Gasteiger partial charge in [0.05, 0.1) is 0 Å². The number of likely N-dealkylation sites (N-methyl/N-ethyl adjacent to an activating group) is 1. The predicted molar refractivity (Wildman–Crippen MR) is 92.7 cm³/mol. The van der Waals surface area contributed by atoms with Crippen molar-refractivity contribution < 1.29 is 4.39 Å². The number of hydrogen-bond donors (Lipinski definition) is 0. The van der Waals surface area contributed by atoms with Gasteiger partial charge in [0.1, 0.15) is 5.82 Å². The fourth-order valence-corrected chi connectivity index (χ4v) is 5.41. The Hall–Kier alpha value is -1.19. The molecule has 2 bridgehead atoms. The number of nitrogens with zero attached hydrogens (tertiary/aromatic N) is 1. The van der Waals surface area contributed by atoms with Crippen LogP contribution in [0, 0.1) is 17.7 Å². The summed E-state index contributed by atoms with van der Waals surface area (Å²) < 4.78 is 14.6. The van der Waals surface area contributed by atoms with Crippen LogP contribution >= 0.6 is 11.3 Å². The van der Waals surface area contributed by atoms with E-state index in [1.807, 2.05) is 6.07 Å². The molecule has 1 heterocycles. The molecule has 1 fully saturated rings. The van der Waals surface area contributed by atoms with E-state index in [-0.39, 0.29) is 5.82 Å². The maximum atomic E-state index is 13.5. The lowest BCUT2D eigenvalue weighted by molar-refractivity contribution is 0.413. The average Bonchev–Trinajstić information content (AvgIpc) is 3.03. The van der Waals surface area contributed by atoms with Crippen LogP contribution in [0.3, 0.4) is 0 Å². The zero-order valence-corrected chi connectivity index (χ0v) is 14.0. The summed E-state index contributed by atoms with van der Waals surface area (Å²) in [5, 5.41) is 3.50. The van der Waals surface area contributed by atoms with Crippen LogP contribution in [0.5, 0.6) is 0 Å². The lowest BCUT2D eigenvalue weighted by atomic mass is 9.79. The molecule has 0 N–H and O–H groups in total. The van der Waals surface area contributed by atoms with E-state index in [2.05, 4.69) is 24.4 Å². The molecule has 0 unspecified atom stereocenters. The third-order valence-electron chi connectivity index (χ3n) is 5.20. The van der Waals surface area contributed by atoms with Crippen molar-refractivity contribution >= 4 is 27.0 Å². The minimum Gasteiger partial charge on any atom is -0.305 e. The summed E-state index contributed by atoms with van der Waals surface area (Å²) in [6.07, 6.45) is 5.31. The van der Waals surface area contributed by atoms with Gasteiger partial charge in [-0.05, 0) is 80.3 Å². The van der Waals surface area contributed by atoms with Gasteiger partial charge in [-0.25, -0.2) is 4.39 Å². The summed E-state index contributed by atoms with van der Waals surface area (Å²) in [5.41, 5.74) is 4.58. The van der Waals surface area contributed by atoms with E-state index in [4.69, 9.17) is 0 Å². The summed E-state index contributed by atoms with van der Waals surface area (Å²) in [7, 11) is 4.31. The Balaban J connectivity index is 1.86. The van der Waals surface area contributed by atoms with E-state index in [1.165, 1.54) is 36.6 Å². The molecule has 0 radical (unpaired) electrons. The van der Waals surface area contributed by atoms with Gasteiger partial charge in [-0.2, -0.15) is 0 Å². The molecule has 2 atom stereocenters. The zero-order valence-electron chi connectivity index (χ0n) is 13.2. The van der Waals surface area contributed by atoms with Crippen molar-refractivity contribution in [1.29, 1.82) is 0 Å². The van der Waals surface area contributed by atoms with Crippen LogP contribution in [0.25, 0.3) is 15.7 Å². The van der Waals surface area contributed by atoms with Gasteiger partial charge in [-0.3, -0.25) is 0 Å². The highest BCUT2D eigenvalue weighted by atomic mass is 32.1. The highest BCUT2D eigenvalue weighted by molar-refractivity contribution is 7.17. The first-order valence-electron chi connectivity index (χ1n) is 8.15. The fraction of sp³-hybridized carbons (Fsp3) is 0.474. The number of halogens is 1. The van der Waals surface area contributed by atoms with Crippen molar-refractivity contribution in [2.45, 2.75) is 25.7 Å². The monoisotopic (exact) mass is 315 g/mol. The van der Waals surface area contributed by atoms with Crippen LogP contribution in [-0.4, -0.2) is 25.5 Å². The number of hydrogen-bond acceptors (Lipinski definition) is 2. The Kier molecular flexibility index (Phi) is 3.58. The molecule has 4 rings (SSSR count). The molecule has 1 aromatic heterocycles. The molecule has 0 saturated heterocycles. The molecule has 1 saturated carbocycles.